The van der Waals surface area contributed by atoms with Crippen molar-refractivity contribution in [1.82, 2.24) is 14.6 Å². The third-order valence-electron chi connectivity index (χ3n) is 1.33. The Labute approximate surface area is 57.3 Å². The molecule has 2 aromatic rings. The van der Waals surface area contributed by atoms with E-state index in [1.54, 1.807) is 16.9 Å². The predicted molar refractivity (Wildman–Crippen MR) is 37.4 cm³/mol. The molecule has 0 atom stereocenters. The van der Waals surface area contributed by atoms with Crippen molar-refractivity contribution in [3.05, 3.63) is 24.5 Å². The summed E-state index contributed by atoms with van der Waals surface area (Å²) in [6.45, 7) is 0. The van der Waals surface area contributed by atoms with Gasteiger partial charge in [-0.1, -0.05) is 0 Å². The third-order valence-corrected chi connectivity index (χ3v) is 1.33. The van der Waals surface area contributed by atoms with Gasteiger partial charge in [-0.3, -0.25) is 0 Å². The molecule has 0 saturated carbocycles. The first-order valence-electron chi connectivity index (χ1n) is 2.92. The molecule has 0 aliphatic carbocycles. The Bertz CT molecular complexity index is 351. The molecule has 2 aromatic heterocycles. The number of nitrogen functional groups attached to an aromatic ring is 1. The van der Waals surface area contributed by atoms with Crippen molar-refractivity contribution in [1.29, 1.82) is 0 Å². The van der Waals surface area contributed by atoms with Crippen LogP contribution in [0.5, 0.6) is 0 Å². The summed E-state index contributed by atoms with van der Waals surface area (Å²) < 4.78 is 1.58. The van der Waals surface area contributed by atoms with Gasteiger partial charge < -0.3 is 5.73 Å². The average molecular weight is 134 g/mol. The molecule has 0 spiro atoms. The number of rotatable bonds is 0. The third kappa shape index (κ3) is 0.556. The van der Waals surface area contributed by atoms with E-state index in [9.17, 15) is 0 Å². The number of nitrogens with zero attached hydrogens (tertiary/aromatic N) is 3. The van der Waals surface area contributed by atoms with E-state index in [0.29, 0.717) is 5.95 Å². The zero-order valence-electron chi connectivity index (χ0n) is 5.23. The molecule has 2 N–H and O–H groups in total. The highest BCUT2D eigenvalue weighted by molar-refractivity contribution is 5.48. The summed E-state index contributed by atoms with van der Waals surface area (Å²) in [5.74, 6) is 0.426. The lowest BCUT2D eigenvalue weighted by molar-refractivity contribution is 0.940. The van der Waals surface area contributed by atoms with Gasteiger partial charge in [-0.05, 0) is 12.1 Å². The highest BCUT2D eigenvalue weighted by Gasteiger charge is 1.95. The number of anilines is 1. The van der Waals surface area contributed by atoms with Gasteiger partial charge >= 0.3 is 0 Å². The standard InChI is InChI=1S/C6H6N4/c7-6-8-4-5-2-1-3-9-10(5)6/h1-4H,(H2,7,8). The second-order valence-electron chi connectivity index (χ2n) is 1.98. The van der Waals surface area contributed by atoms with Gasteiger partial charge in [-0.15, -0.1) is 0 Å². The highest BCUT2D eigenvalue weighted by Crippen LogP contribution is 2.03. The van der Waals surface area contributed by atoms with Gasteiger partial charge in [-0.25, -0.2) is 4.98 Å². The molecule has 0 fully saturated rings. The van der Waals surface area contributed by atoms with E-state index in [0.717, 1.165) is 5.52 Å². The first-order chi connectivity index (χ1) is 4.88. The molecular weight excluding hydrogens is 128 g/mol. The van der Waals surface area contributed by atoms with Gasteiger partial charge in [0.25, 0.3) is 0 Å². The topological polar surface area (TPSA) is 56.2 Å². The fourth-order valence-electron chi connectivity index (χ4n) is 0.860. The van der Waals surface area contributed by atoms with Crippen molar-refractivity contribution in [3.8, 4) is 0 Å². The van der Waals surface area contributed by atoms with Crippen LogP contribution in [-0.4, -0.2) is 14.6 Å². The Balaban J connectivity index is 2.93. The second-order valence-corrected chi connectivity index (χ2v) is 1.98. The lowest BCUT2D eigenvalue weighted by Crippen LogP contribution is -1.96. The van der Waals surface area contributed by atoms with E-state index in [1.807, 2.05) is 12.1 Å². The molecule has 50 valence electrons. The van der Waals surface area contributed by atoms with Crippen LogP contribution >= 0.6 is 0 Å². The molecular formula is C6H6N4. The van der Waals surface area contributed by atoms with E-state index >= 15 is 0 Å². The summed E-state index contributed by atoms with van der Waals surface area (Å²) in [7, 11) is 0. The molecule has 2 heterocycles. The molecule has 4 nitrogen and oxygen atoms in total. The first-order valence-corrected chi connectivity index (χ1v) is 2.92. The molecule has 10 heavy (non-hydrogen) atoms. The van der Waals surface area contributed by atoms with Crippen LogP contribution in [0.25, 0.3) is 5.52 Å². The summed E-state index contributed by atoms with van der Waals surface area (Å²) in [4.78, 5) is 3.87. The summed E-state index contributed by atoms with van der Waals surface area (Å²) in [6, 6.07) is 3.74. The van der Waals surface area contributed by atoms with E-state index in [4.69, 9.17) is 5.73 Å². The zero-order valence-corrected chi connectivity index (χ0v) is 5.23. The lowest BCUT2D eigenvalue weighted by atomic mass is 10.5. The number of nitrogens with two attached hydrogens (primary N) is 1. The Kier molecular flexibility index (Phi) is 0.887. The van der Waals surface area contributed by atoms with Gasteiger partial charge in [0.05, 0.1) is 11.7 Å². The van der Waals surface area contributed by atoms with Crippen LogP contribution in [-0.2, 0) is 0 Å². The fourth-order valence-corrected chi connectivity index (χ4v) is 0.860. The smallest absolute Gasteiger partial charge is 0.221 e. The summed E-state index contributed by atoms with van der Waals surface area (Å²) in [5, 5.41) is 3.97. The molecule has 0 unspecified atom stereocenters. The Morgan fingerprint density at radius 2 is 2.40 bits per heavy atom. The van der Waals surface area contributed by atoms with Crippen LogP contribution in [0.15, 0.2) is 24.5 Å². The largest absolute Gasteiger partial charge is 0.368 e. The number of aromatic nitrogens is 3. The van der Waals surface area contributed by atoms with Gasteiger partial charge in [-0.2, -0.15) is 9.61 Å². The minimum Gasteiger partial charge on any atom is -0.368 e. The maximum atomic E-state index is 5.47. The first kappa shape index (κ1) is 5.22. The minimum atomic E-state index is 0.426. The van der Waals surface area contributed by atoms with E-state index in [-0.39, 0.29) is 0 Å². The number of imidazole rings is 1. The van der Waals surface area contributed by atoms with Gasteiger partial charge in [0.1, 0.15) is 0 Å². The van der Waals surface area contributed by atoms with Gasteiger partial charge in [0.15, 0.2) is 0 Å². The quantitative estimate of drug-likeness (QED) is 0.564. The summed E-state index contributed by atoms with van der Waals surface area (Å²) in [5.41, 5.74) is 6.38. The molecule has 0 aliphatic rings. The van der Waals surface area contributed by atoms with Gasteiger partial charge in [0.2, 0.25) is 5.95 Å². The van der Waals surface area contributed by atoms with Crippen molar-refractivity contribution in [2.45, 2.75) is 0 Å². The Hall–Kier alpha value is -1.58. The maximum absolute atomic E-state index is 5.47. The van der Waals surface area contributed by atoms with Gasteiger partial charge in [0, 0.05) is 6.20 Å². The second kappa shape index (κ2) is 1.70. The fraction of sp³-hybridized carbons (Fsp3) is 0. The van der Waals surface area contributed by atoms with E-state index in [2.05, 4.69) is 10.1 Å². The predicted octanol–water partition coefficient (Wildman–Crippen LogP) is 0.311. The molecule has 0 aromatic carbocycles. The molecule has 0 aliphatic heterocycles. The van der Waals surface area contributed by atoms with Crippen molar-refractivity contribution in [3.63, 3.8) is 0 Å². The number of hydrogen-bond donors (Lipinski definition) is 1. The average Bonchev–Trinajstić information content (AvgIpc) is 2.34. The van der Waals surface area contributed by atoms with Crippen LogP contribution in [0, 0.1) is 0 Å². The highest BCUT2D eigenvalue weighted by atomic mass is 15.3. The normalized spacial score (nSPS) is 10.4. The summed E-state index contributed by atoms with van der Waals surface area (Å²) in [6.07, 6.45) is 3.35. The van der Waals surface area contributed by atoms with E-state index in [1.165, 1.54) is 0 Å². The molecule has 2 rings (SSSR count). The van der Waals surface area contributed by atoms with Crippen LogP contribution < -0.4 is 5.73 Å². The van der Waals surface area contributed by atoms with Crippen LogP contribution in [0.1, 0.15) is 0 Å². The van der Waals surface area contributed by atoms with Crippen molar-refractivity contribution in [2.75, 3.05) is 5.73 Å². The molecule has 0 radical (unpaired) electrons. The van der Waals surface area contributed by atoms with Crippen LogP contribution in [0.3, 0.4) is 0 Å². The monoisotopic (exact) mass is 134 g/mol. The Morgan fingerprint density at radius 3 is 3.20 bits per heavy atom. The SMILES string of the molecule is Nc1ncc2cccnn12. The Morgan fingerprint density at radius 1 is 1.50 bits per heavy atom. The van der Waals surface area contributed by atoms with Crippen molar-refractivity contribution >= 4 is 11.5 Å². The lowest BCUT2D eigenvalue weighted by Gasteiger charge is -1.90. The number of fused-ring (bicyclic) bond motifs is 1. The molecule has 0 bridgehead atoms. The minimum absolute atomic E-state index is 0.426. The molecule has 0 saturated heterocycles. The number of hydrogen-bond acceptors (Lipinski definition) is 3. The molecule has 4 heteroatoms. The summed E-state index contributed by atoms with van der Waals surface area (Å²) >= 11 is 0. The zero-order chi connectivity index (χ0) is 6.97. The van der Waals surface area contributed by atoms with Crippen molar-refractivity contribution < 1.29 is 0 Å². The maximum Gasteiger partial charge on any atom is 0.221 e. The molecule has 0 amide bonds. The van der Waals surface area contributed by atoms with Crippen LogP contribution in [0.2, 0.25) is 0 Å². The van der Waals surface area contributed by atoms with E-state index < -0.39 is 0 Å². The van der Waals surface area contributed by atoms with Crippen molar-refractivity contribution in [2.24, 2.45) is 0 Å². The van der Waals surface area contributed by atoms with Crippen LogP contribution in [0.4, 0.5) is 5.95 Å².